The quantitative estimate of drug-likeness (QED) is 0.436. The van der Waals surface area contributed by atoms with Crippen molar-refractivity contribution < 1.29 is 4.79 Å². The zero-order valence-corrected chi connectivity index (χ0v) is 19.1. The van der Waals surface area contributed by atoms with Crippen molar-refractivity contribution in [3.05, 3.63) is 60.9 Å². The number of hydrogen-bond donors (Lipinski definition) is 2. The molecule has 0 saturated heterocycles. The van der Waals surface area contributed by atoms with E-state index >= 15 is 0 Å². The molecular weight excluding hydrogens is 426 g/mol. The number of carbonyl (C=O) groups excluding carboxylic acids is 1. The maximum atomic E-state index is 13.6. The summed E-state index contributed by atoms with van der Waals surface area (Å²) in [6.07, 6.45) is 9.33. The molecule has 6 rings (SSSR count). The van der Waals surface area contributed by atoms with Crippen molar-refractivity contribution >= 4 is 45.6 Å². The number of benzene rings is 2. The minimum Gasteiger partial charge on any atom is -0.340 e. The number of H-pyrrole nitrogens is 1. The van der Waals surface area contributed by atoms with Crippen LogP contribution in [0.15, 0.2) is 60.9 Å². The van der Waals surface area contributed by atoms with Crippen molar-refractivity contribution in [3.63, 3.8) is 0 Å². The number of carbonyl (C=O) groups is 1. The fraction of sp³-hybridized carbons (Fsp3) is 0.308. The van der Waals surface area contributed by atoms with Gasteiger partial charge in [-0.1, -0.05) is 37.5 Å². The number of anilines is 5. The van der Waals surface area contributed by atoms with Crippen molar-refractivity contribution in [1.29, 1.82) is 0 Å². The second-order valence-corrected chi connectivity index (χ2v) is 9.08. The standard InChI is InChI=1S/C26H27N7O/c1-17-25(34)33(21-10-6-3-7-11-21)23-16-27-26(29-19-12-13-22-18(14-19)15-28-31-22)30-24(23)32(17)20-8-4-2-5-9-20/h3,6-7,10-17,20H,2,4-5,8-9H2,1H3,(H,28,31)(H,27,29,30). The van der Waals surface area contributed by atoms with Gasteiger partial charge in [-0.3, -0.25) is 14.8 Å². The van der Waals surface area contributed by atoms with Crippen LogP contribution in [0.3, 0.4) is 0 Å². The second-order valence-electron chi connectivity index (χ2n) is 9.08. The molecule has 2 aromatic carbocycles. The summed E-state index contributed by atoms with van der Waals surface area (Å²) in [5.41, 5.74) is 3.43. The van der Waals surface area contributed by atoms with E-state index < -0.39 is 0 Å². The monoisotopic (exact) mass is 453 g/mol. The van der Waals surface area contributed by atoms with Gasteiger partial charge in [0.2, 0.25) is 5.95 Å². The fourth-order valence-corrected chi connectivity index (χ4v) is 5.22. The van der Waals surface area contributed by atoms with E-state index in [1.807, 2.05) is 55.5 Å². The number of amides is 1. The lowest BCUT2D eigenvalue weighted by atomic mass is 9.92. The van der Waals surface area contributed by atoms with Gasteiger partial charge in [0.05, 0.1) is 17.9 Å². The van der Waals surface area contributed by atoms with Crippen LogP contribution in [0, 0.1) is 0 Å². The van der Waals surface area contributed by atoms with Crippen LogP contribution in [0.4, 0.5) is 28.8 Å². The minimum absolute atomic E-state index is 0.0546. The zero-order valence-electron chi connectivity index (χ0n) is 19.1. The second kappa shape index (κ2) is 8.44. The van der Waals surface area contributed by atoms with E-state index in [1.165, 1.54) is 19.3 Å². The van der Waals surface area contributed by atoms with Crippen LogP contribution in [0.5, 0.6) is 0 Å². The Bertz CT molecular complexity index is 1330. The van der Waals surface area contributed by atoms with Crippen molar-refractivity contribution in [1.82, 2.24) is 20.2 Å². The third-order valence-corrected chi connectivity index (χ3v) is 6.91. The predicted octanol–water partition coefficient (Wildman–Crippen LogP) is 5.30. The van der Waals surface area contributed by atoms with Gasteiger partial charge in [-0.15, -0.1) is 0 Å². The van der Waals surface area contributed by atoms with Gasteiger partial charge in [0, 0.05) is 22.8 Å². The average molecular weight is 454 g/mol. The van der Waals surface area contributed by atoms with Gasteiger partial charge in [-0.25, -0.2) is 4.98 Å². The number of fused-ring (bicyclic) bond motifs is 2. The largest absolute Gasteiger partial charge is 0.340 e. The van der Waals surface area contributed by atoms with E-state index in [-0.39, 0.29) is 11.9 Å². The normalized spacial score (nSPS) is 18.9. The van der Waals surface area contributed by atoms with Crippen LogP contribution in [0.25, 0.3) is 10.9 Å². The number of hydrogen-bond acceptors (Lipinski definition) is 6. The van der Waals surface area contributed by atoms with E-state index in [4.69, 9.17) is 4.98 Å². The fourth-order valence-electron chi connectivity index (χ4n) is 5.22. The van der Waals surface area contributed by atoms with E-state index in [0.29, 0.717) is 12.0 Å². The first kappa shape index (κ1) is 20.7. The molecule has 0 bridgehead atoms. The van der Waals surface area contributed by atoms with E-state index in [0.717, 1.165) is 46.6 Å². The summed E-state index contributed by atoms with van der Waals surface area (Å²) >= 11 is 0. The molecule has 1 saturated carbocycles. The summed E-state index contributed by atoms with van der Waals surface area (Å²) in [6, 6.07) is 15.7. The summed E-state index contributed by atoms with van der Waals surface area (Å²) in [6.45, 7) is 2.00. The molecule has 2 N–H and O–H groups in total. The Labute approximate surface area is 198 Å². The highest BCUT2D eigenvalue weighted by Gasteiger charge is 2.41. The van der Waals surface area contributed by atoms with Crippen LogP contribution in [-0.2, 0) is 4.79 Å². The van der Waals surface area contributed by atoms with Gasteiger partial charge in [0.25, 0.3) is 5.91 Å². The molecule has 2 aliphatic rings. The highest BCUT2D eigenvalue weighted by molar-refractivity contribution is 6.09. The van der Waals surface area contributed by atoms with Crippen LogP contribution in [0.1, 0.15) is 39.0 Å². The van der Waals surface area contributed by atoms with Crippen LogP contribution in [-0.4, -0.2) is 38.2 Å². The summed E-state index contributed by atoms with van der Waals surface area (Å²) in [7, 11) is 0. The summed E-state index contributed by atoms with van der Waals surface area (Å²) in [5.74, 6) is 1.38. The molecule has 0 spiro atoms. The first-order chi connectivity index (χ1) is 16.7. The predicted molar refractivity (Wildman–Crippen MR) is 134 cm³/mol. The van der Waals surface area contributed by atoms with Crippen molar-refractivity contribution in [2.24, 2.45) is 0 Å². The first-order valence-corrected chi connectivity index (χ1v) is 11.9. The number of nitrogens with zero attached hydrogens (tertiary/aromatic N) is 5. The van der Waals surface area contributed by atoms with E-state index in [2.05, 4.69) is 25.4 Å². The van der Waals surface area contributed by atoms with E-state index in [1.54, 1.807) is 17.3 Å². The molecule has 172 valence electrons. The molecule has 4 aromatic rings. The average Bonchev–Trinajstić information content (AvgIpc) is 3.34. The number of para-hydroxylation sites is 1. The van der Waals surface area contributed by atoms with E-state index in [9.17, 15) is 4.79 Å². The molecule has 2 aromatic heterocycles. The molecule has 1 amide bonds. The van der Waals surface area contributed by atoms with Gasteiger partial charge in [0.1, 0.15) is 11.7 Å². The molecule has 1 aliphatic carbocycles. The number of aromatic amines is 1. The van der Waals surface area contributed by atoms with Crippen molar-refractivity contribution in [3.8, 4) is 0 Å². The van der Waals surface area contributed by atoms with Gasteiger partial charge in [0.15, 0.2) is 5.82 Å². The maximum absolute atomic E-state index is 13.6. The zero-order chi connectivity index (χ0) is 23.1. The van der Waals surface area contributed by atoms with Gasteiger partial charge in [-0.05, 0) is 50.1 Å². The Morgan fingerprint density at radius 3 is 2.68 bits per heavy atom. The Hall–Kier alpha value is -3.94. The molecule has 8 heteroatoms. The summed E-state index contributed by atoms with van der Waals surface area (Å²) in [4.78, 5) is 27.2. The summed E-state index contributed by atoms with van der Waals surface area (Å²) < 4.78 is 0. The Kier molecular flexibility index (Phi) is 5.13. The molecule has 1 unspecified atom stereocenters. The van der Waals surface area contributed by atoms with Crippen molar-refractivity contribution in [2.75, 3.05) is 15.1 Å². The van der Waals surface area contributed by atoms with Gasteiger partial charge < -0.3 is 10.2 Å². The van der Waals surface area contributed by atoms with Gasteiger partial charge >= 0.3 is 0 Å². The lowest BCUT2D eigenvalue weighted by molar-refractivity contribution is -0.119. The first-order valence-electron chi connectivity index (χ1n) is 11.9. The lowest BCUT2D eigenvalue weighted by Crippen LogP contribution is -2.55. The topological polar surface area (TPSA) is 90.0 Å². The third-order valence-electron chi connectivity index (χ3n) is 6.91. The molecule has 0 radical (unpaired) electrons. The third kappa shape index (κ3) is 3.55. The molecule has 34 heavy (non-hydrogen) atoms. The highest BCUT2D eigenvalue weighted by Crippen LogP contribution is 2.42. The molecule has 1 aliphatic heterocycles. The Morgan fingerprint density at radius 1 is 1.03 bits per heavy atom. The highest BCUT2D eigenvalue weighted by atomic mass is 16.2. The number of rotatable bonds is 4. The number of aromatic nitrogens is 4. The summed E-state index contributed by atoms with van der Waals surface area (Å²) in [5, 5.41) is 11.4. The Morgan fingerprint density at radius 2 is 1.85 bits per heavy atom. The smallest absolute Gasteiger partial charge is 0.254 e. The molecule has 1 fully saturated rings. The maximum Gasteiger partial charge on any atom is 0.254 e. The van der Waals surface area contributed by atoms with Crippen LogP contribution in [0.2, 0.25) is 0 Å². The molecule has 8 nitrogen and oxygen atoms in total. The SMILES string of the molecule is CC1C(=O)N(c2ccccc2)c2cnc(Nc3ccc4[nH]ncc4c3)nc2N1C1CCCCC1. The van der Waals surface area contributed by atoms with Crippen molar-refractivity contribution in [2.45, 2.75) is 51.1 Å². The van der Waals surface area contributed by atoms with Crippen LogP contribution >= 0.6 is 0 Å². The molecular formula is C26H27N7O. The molecule has 3 heterocycles. The van der Waals surface area contributed by atoms with Crippen LogP contribution < -0.4 is 15.1 Å². The Balaban J connectivity index is 1.43. The lowest BCUT2D eigenvalue weighted by Gasteiger charge is -2.45. The number of nitrogens with one attached hydrogen (secondary N) is 2. The molecule has 1 atom stereocenters. The minimum atomic E-state index is -0.305. The van der Waals surface area contributed by atoms with Gasteiger partial charge in [-0.2, -0.15) is 10.1 Å².